The Morgan fingerprint density at radius 1 is 1.00 bits per heavy atom. The Morgan fingerprint density at radius 3 is 2.15 bits per heavy atom. The highest BCUT2D eigenvalue weighted by molar-refractivity contribution is 6.27. The number of esters is 1. The Morgan fingerprint density at radius 2 is 1.61 bits per heavy atom. The molecule has 170 valence electrons. The van der Waals surface area contributed by atoms with Gasteiger partial charge in [-0.2, -0.15) is 13.2 Å². The summed E-state index contributed by atoms with van der Waals surface area (Å²) in [5.74, 6) is -6.43. The van der Waals surface area contributed by atoms with Crippen molar-refractivity contribution in [3.8, 4) is 5.75 Å². The molecule has 2 aromatic rings. The number of halogens is 3. The van der Waals surface area contributed by atoms with Gasteiger partial charge in [-0.3, -0.25) is 9.59 Å². The summed E-state index contributed by atoms with van der Waals surface area (Å²) in [4.78, 5) is 39.3. The Bertz CT molecular complexity index is 1220. The number of ketones is 2. The van der Waals surface area contributed by atoms with E-state index in [2.05, 4.69) is 0 Å². The van der Waals surface area contributed by atoms with E-state index in [9.17, 15) is 27.6 Å². The molecule has 6 nitrogen and oxygen atoms in total. The van der Waals surface area contributed by atoms with Gasteiger partial charge >= 0.3 is 12.1 Å². The van der Waals surface area contributed by atoms with E-state index in [1.807, 2.05) is 0 Å². The fourth-order valence-corrected chi connectivity index (χ4v) is 3.93. The number of methoxy groups -OCH3 is 1. The van der Waals surface area contributed by atoms with Gasteiger partial charge in [-0.25, -0.2) is 4.79 Å². The summed E-state index contributed by atoms with van der Waals surface area (Å²) in [6, 6.07) is 11.6. The van der Waals surface area contributed by atoms with Crippen molar-refractivity contribution < 1.29 is 41.8 Å². The Labute approximate surface area is 186 Å². The molecular weight excluding hydrogens is 441 g/mol. The van der Waals surface area contributed by atoms with Crippen molar-refractivity contribution >= 4 is 17.5 Å². The summed E-state index contributed by atoms with van der Waals surface area (Å²) in [6.45, 7) is 1.23. The second kappa shape index (κ2) is 8.23. The maximum Gasteiger partial charge on any atom is 0.450 e. The van der Waals surface area contributed by atoms with Crippen molar-refractivity contribution in [3.63, 3.8) is 0 Å². The van der Waals surface area contributed by atoms with Gasteiger partial charge in [-0.1, -0.05) is 36.4 Å². The zero-order valence-corrected chi connectivity index (χ0v) is 17.5. The van der Waals surface area contributed by atoms with E-state index in [1.54, 1.807) is 0 Å². The SMILES string of the molecule is CCOC(=O)C1=C(C(F)(F)F)OC2=C(C(=O)c3ccccc3C2=O)C1c1ccc(OC)cc1. The van der Waals surface area contributed by atoms with Gasteiger partial charge in [0.05, 0.1) is 30.8 Å². The Hall–Kier alpha value is -3.88. The number of fused-ring (bicyclic) bond motifs is 1. The van der Waals surface area contributed by atoms with Crippen LogP contribution in [0, 0.1) is 0 Å². The third kappa shape index (κ3) is 3.69. The van der Waals surface area contributed by atoms with E-state index in [1.165, 1.54) is 62.6 Å². The predicted octanol–water partition coefficient (Wildman–Crippen LogP) is 4.52. The number of benzene rings is 2. The normalized spacial score (nSPS) is 17.9. The van der Waals surface area contributed by atoms with Gasteiger partial charge in [0.1, 0.15) is 5.75 Å². The van der Waals surface area contributed by atoms with Crippen molar-refractivity contribution in [1.29, 1.82) is 0 Å². The van der Waals surface area contributed by atoms with E-state index >= 15 is 0 Å². The fraction of sp³-hybridized carbons (Fsp3) is 0.208. The number of alkyl halides is 3. The second-order valence-electron chi connectivity index (χ2n) is 7.22. The Kier molecular flexibility index (Phi) is 5.57. The monoisotopic (exact) mass is 458 g/mol. The first-order valence-corrected chi connectivity index (χ1v) is 9.91. The number of carbonyl (C=O) groups is 3. The lowest BCUT2D eigenvalue weighted by Gasteiger charge is -2.34. The van der Waals surface area contributed by atoms with Gasteiger partial charge < -0.3 is 14.2 Å². The summed E-state index contributed by atoms with van der Waals surface area (Å²) in [5.41, 5.74) is -1.14. The molecule has 4 rings (SSSR count). The third-order valence-electron chi connectivity index (χ3n) is 5.34. The molecule has 9 heteroatoms. The molecule has 1 heterocycles. The van der Waals surface area contributed by atoms with Crippen molar-refractivity contribution in [2.75, 3.05) is 13.7 Å². The molecule has 0 amide bonds. The summed E-state index contributed by atoms with van der Waals surface area (Å²) >= 11 is 0. The van der Waals surface area contributed by atoms with Crippen molar-refractivity contribution in [1.82, 2.24) is 0 Å². The van der Waals surface area contributed by atoms with Crippen LogP contribution in [0.1, 0.15) is 39.1 Å². The van der Waals surface area contributed by atoms with Crippen LogP contribution in [0.2, 0.25) is 0 Å². The summed E-state index contributed by atoms with van der Waals surface area (Å²) in [7, 11) is 1.41. The molecule has 0 spiro atoms. The summed E-state index contributed by atoms with van der Waals surface area (Å²) < 4.78 is 57.1. The minimum absolute atomic E-state index is 0.0158. The summed E-state index contributed by atoms with van der Waals surface area (Å²) in [6.07, 6.45) is -5.13. The third-order valence-corrected chi connectivity index (χ3v) is 5.34. The maximum atomic E-state index is 14.0. The minimum Gasteiger partial charge on any atom is -0.497 e. The molecule has 2 aliphatic rings. The van der Waals surface area contributed by atoms with Crippen LogP contribution in [0.5, 0.6) is 5.75 Å². The lowest BCUT2D eigenvalue weighted by atomic mass is 9.74. The van der Waals surface area contributed by atoms with E-state index in [4.69, 9.17) is 14.2 Å². The molecule has 0 aromatic heterocycles. The van der Waals surface area contributed by atoms with Gasteiger partial charge in [0.25, 0.3) is 0 Å². The lowest BCUT2D eigenvalue weighted by Crippen LogP contribution is -2.36. The first-order chi connectivity index (χ1) is 15.7. The van der Waals surface area contributed by atoms with Crippen LogP contribution in [-0.4, -0.2) is 37.4 Å². The van der Waals surface area contributed by atoms with Crippen LogP contribution < -0.4 is 4.74 Å². The standard InChI is InChI=1S/C24H17F3O6/c1-3-32-23(30)18-16(12-8-10-13(31-2)11-9-12)17-19(28)14-6-4-5-7-15(14)20(29)21(17)33-22(18)24(25,26)27/h4-11,16H,3H2,1-2H3. The molecule has 0 saturated heterocycles. The van der Waals surface area contributed by atoms with Crippen LogP contribution in [0.25, 0.3) is 0 Å². The molecule has 2 aromatic carbocycles. The maximum absolute atomic E-state index is 14.0. The van der Waals surface area contributed by atoms with Crippen LogP contribution in [0.15, 0.2) is 71.2 Å². The molecule has 1 unspecified atom stereocenters. The molecule has 33 heavy (non-hydrogen) atoms. The minimum atomic E-state index is -5.13. The molecule has 0 radical (unpaired) electrons. The summed E-state index contributed by atoms with van der Waals surface area (Å²) in [5, 5.41) is 0. The van der Waals surface area contributed by atoms with Gasteiger partial charge in [0.2, 0.25) is 11.5 Å². The highest BCUT2D eigenvalue weighted by Gasteiger charge is 2.52. The van der Waals surface area contributed by atoms with Gasteiger partial charge in [-0.05, 0) is 24.6 Å². The largest absolute Gasteiger partial charge is 0.497 e. The van der Waals surface area contributed by atoms with E-state index < -0.39 is 46.7 Å². The topological polar surface area (TPSA) is 78.9 Å². The van der Waals surface area contributed by atoms with E-state index in [0.717, 1.165) is 0 Å². The number of allylic oxidation sites excluding steroid dienone is 3. The molecule has 1 atom stereocenters. The molecule has 1 aliphatic carbocycles. The first-order valence-electron chi connectivity index (χ1n) is 9.91. The molecule has 0 bridgehead atoms. The van der Waals surface area contributed by atoms with Crippen molar-refractivity contribution in [2.45, 2.75) is 19.0 Å². The number of Topliss-reactive ketones (excluding diaryl/α,β-unsaturated/α-hetero) is 2. The molecule has 0 N–H and O–H groups in total. The first kappa shape index (κ1) is 22.3. The van der Waals surface area contributed by atoms with E-state index in [0.29, 0.717) is 5.75 Å². The lowest BCUT2D eigenvalue weighted by molar-refractivity contribution is -0.144. The average Bonchev–Trinajstić information content (AvgIpc) is 2.81. The quantitative estimate of drug-likeness (QED) is 0.627. The molecule has 1 aliphatic heterocycles. The average molecular weight is 458 g/mol. The van der Waals surface area contributed by atoms with Crippen molar-refractivity contribution in [2.24, 2.45) is 0 Å². The predicted molar refractivity (Wildman–Crippen MR) is 109 cm³/mol. The van der Waals surface area contributed by atoms with Crippen molar-refractivity contribution in [3.05, 3.63) is 87.9 Å². The fourth-order valence-electron chi connectivity index (χ4n) is 3.93. The van der Waals surface area contributed by atoms with Crippen LogP contribution >= 0.6 is 0 Å². The number of rotatable bonds is 4. The zero-order chi connectivity index (χ0) is 23.9. The smallest absolute Gasteiger partial charge is 0.450 e. The van der Waals surface area contributed by atoms with Crippen LogP contribution in [-0.2, 0) is 14.3 Å². The van der Waals surface area contributed by atoms with Gasteiger partial charge in [0, 0.05) is 11.1 Å². The van der Waals surface area contributed by atoms with Gasteiger partial charge in [-0.15, -0.1) is 0 Å². The highest BCUT2D eigenvalue weighted by atomic mass is 19.4. The van der Waals surface area contributed by atoms with Crippen LogP contribution in [0.4, 0.5) is 13.2 Å². The van der Waals surface area contributed by atoms with E-state index in [-0.39, 0.29) is 28.9 Å². The zero-order valence-electron chi connectivity index (χ0n) is 17.5. The van der Waals surface area contributed by atoms with Crippen LogP contribution in [0.3, 0.4) is 0 Å². The number of hydrogen-bond donors (Lipinski definition) is 0. The number of hydrogen-bond acceptors (Lipinski definition) is 6. The molecule has 0 saturated carbocycles. The highest BCUT2D eigenvalue weighted by Crippen LogP contribution is 2.49. The number of carbonyl (C=O) groups excluding carboxylic acids is 3. The molecular formula is C24H17F3O6. The van der Waals surface area contributed by atoms with Gasteiger partial charge in [0.15, 0.2) is 11.5 Å². The molecule has 0 fully saturated rings. The Balaban J connectivity index is 2.02. The number of ether oxygens (including phenoxy) is 3. The second-order valence-corrected chi connectivity index (χ2v) is 7.22.